The molecule has 90 valence electrons. The predicted molar refractivity (Wildman–Crippen MR) is 66.5 cm³/mol. The van der Waals surface area contributed by atoms with E-state index in [0.29, 0.717) is 19.5 Å². The number of benzene rings is 1. The molecule has 0 aliphatic heterocycles. The van der Waals surface area contributed by atoms with E-state index in [4.69, 9.17) is 5.73 Å². The quantitative estimate of drug-likeness (QED) is 0.659. The summed E-state index contributed by atoms with van der Waals surface area (Å²) >= 11 is 0. The van der Waals surface area contributed by atoms with E-state index < -0.39 is 0 Å². The van der Waals surface area contributed by atoms with Crippen molar-refractivity contribution in [3.05, 3.63) is 30.0 Å². The van der Waals surface area contributed by atoms with E-state index in [9.17, 15) is 4.79 Å². The number of nitrogens with one attached hydrogen (secondary N) is 2. The van der Waals surface area contributed by atoms with Crippen LogP contribution in [0, 0.1) is 0 Å². The summed E-state index contributed by atoms with van der Waals surface area (Å²) in [5.74, 6) is -0.00662. The molecule has 5 heteroatoms. The Hall–Kier alpha value is -1.88. The molecule has 2 rings (SSSR count). The number of carbonyl (C=O) groups is 1. The Morgan fingerprint density at radius 2 is 2.24 bits per heavy atom. The zero-order valence-corrected chi connectivity index (χ0v) is 9.57. The van der Waals surface area contributed by atoms with Gasteiger partial charge in [-0.2, -0.15) is 5.10 Å². The Morgan fingerprint density at radius 1 is 1.41 bits per heavy atom. The first-order valence-electron chi connectivity index (χ1n) is 5.70. The number of hydrogen-bond acceptors (Lipinski definition) is 3. The maximum atomic E-state index is 11.6. The zero-order chi connectivity index (χ0) is 12.1. The molecule has 0 unspecified atom stereocenters. The minimum atomic E-state index is -0.00662. The van der Waals surface area contributed by atoms with E-state index >= 15 is 0 Å². The van der Waals surface area contributed by atoms with Gasteiger partial charge in [-0.05, 0) is 19.0 Å². The smallest absolute Gasteiger partial charge is 0.226 e. The number of nitrogens with zero attached hydrogens (tertiary/aromatic N) is 1. The molecule has 1 heterocycles. The van der Waals surface area contributed by atoms with Gasteiger partial charge in [0.25, 0.3) is 0 Å². The average molecular weight is 232 g/mol. The molecule has 0 bridgehead atoms. The van der Waals surface area contributed by atoms with Crippen molar-refractivity contribution >= 4 is 16.8 Å². The van der Waals surface area contributed by atoms with Crippen LogP contribution in [-0.2, 0) is 11.2 Å². The number of amides is 1. The average Bonchev–Trinajstić information content (AvgIpc) is 2.73. The Morgan fingerprint density at radius 3 is 3.06 bits per heavy atom. The summed E-state index contributed by atoms with van der Waals surface area (Å²) in [6.45, 7) is 1.22. The second kappa shape index (κ2) is 5.45. The van der Waals surface area contributed by atoms with Crippen molar-refractivity contribution in [2.75, 3.05) is 13.1 Å². The molecule has 5 nitrogen and oxygen atoms in total. The van der Waals surface area contributed by atoms with Gasteiger partial charge in [-0.3, -0.25) is 9.89 Å². The molecular weight excluding hydrogens is 216 g/mol. The Balaban J connectivity index is 2.01. The zero-order valence-electron chi connectivity index (χ0n) is 9.57. The van der Waals surface area contributed by atoms with Gasteiger partial charge in [-0.1, -0.05) is 18.2 Å². The van der Waals surface area contributed by atoms with Crippen LogP contribution in [0.3, 0.4) is 0 Å². The van der Waals surface area contributed by atoms with Gasteiger partial charge >= 0.3 is 0 Å². The molecule has 2 aromatic rings. The molecule has 0 aliphatic carbocycles. The Bertz CT molecular complexity index is 506. The van der Waals surface area contributed by atoms with Crippen molar-refractivity contribution < 1.29 is 4.79 Å². The topological polar surface area (TPSA) is 83.8 Å². The van der Waals surface area contributed by atoms with Gasteiger partial charge in [0.1, 0.15) is 0 Å². The maximum Gasteiger partial charge on any atom is 0.226 e. The van der Waals surface area contributed by atoms with Crippen LogP contribution in [0.25, 0.3) is 10.9 Å². The summed E-state index contributed by atoms with van der Waals surface area (Å²) in [6.07, 6.45) is 1.13. The first-order chi connectivity index (χ1) is 8.31. The Kier molecular flexibility index (Phi) is 3.72. The lowest BCUT2D eigenvalue weighted by atomic mass is 10.1. The summed E-state index contributed by atoms with van der Waals surface area (Å²) in [5, 5.41) is 10.9. The number of nitrogens with two attached hydrogens (primary N) is 1. The summed E-state index contributed by atoms with van der Waals surface area (Å²) in [6, 6.07) is 7.74. The van der Waals surface area contributed by atoms with Gasteiger partial charge in [0, 0.05) is 11.9 Å². The van der Waals surface area contributed by atoms with Gasteiger partial charge < -0.3 is 11.1 Å². The second-order valence-electron chi connectivity index (χ2n) is 3.89. The summed E-state index contributed by atoms with van der Waals surface area (Å²) in [7, 11) is 0. The molecule has 1 aromatic heterocycles. The molecule has 0 aliphatic rings. The molecule has 1 amide bonds. The van der Waals surface area contributed by atoms with Gasteiger partial charge in [0.15, 0.2) is 0 Å². The Labute approximate surface area is 99.4 Å². The van der Waals surface area contributed by atoms with Crippen molar-refractivity contribution in [2.45, 2.75) is 12.8 Å². The number of hydrogen-bond donors (Lipinski definition) is 3. The second-order valence-corrected chi connectivity index (χ2v) is 3.89. The number of rotatable bonds is 5. The largest absolute Gasteiger partial charge is 0.356 e. The highest BCUT2D eigenvalue weighted by Gasteiger charge is 2.08. The SMILES string of the molecule is NCCCNC(=O)Cc1[nH]nc2ccccc12. The monoisotopic (exact) mass is 232 g/mol. The molecule has 0 saturated heterocycles. The number of aromatic amines is 1. The third kappa shape index (κ3) is 2.82. The molecule has 0 saturated carbocycles. The van der Waals surface area contributed by atoms with Crippen molar-refractivity contribution in [3.63, 3.8) is 0 Å². The highest BCUT2D eigenvalue weighted by molar-refractivity contribution is 5.87. The van der Waals surface area contributed by atoms with Gasteiger partial charge in [0.05, 0.1) is 17.6 Å². The van der Waals surface area contributed by atoms with Crippen molar-refractivity contribution in [3.8, 4) is 0 Å². The van der Waals surface area contributed by atoms with Crippen molar-refractivity contribution in [1.29, 1.82) is 0 Å². The fraction of sp³-hybridized carbons (Fsp3) is 0.333. The minimum Gasteiger partial charge on any atom is -0.356 e. The van der Waals surface area contributed by atoms with Gasteiger partial charge in [-0.15, -0.1) is 0 Å². The summed E-state index contributed by atoms with van der Waals surface area (Å²) in [5.41, 5.74) is 7.10. The third-order valence-corrected chi connectivity index (χ3v) is 2.58. The first-order valence-corrected chi connectivity index (χ1v) is 5.70. The van der Waals surface area contributed by atoms with Crippen LogP contribution in [-0.4, -0.2) is 29.2 Å². The van der Waals surface area contributed by atoms with Crippen LogP contribution in [0.2, 0.25) is 0 Å². The fourth-order valence-electron chi connectivity index (χ4n) is 1.70. The van der Waals surface area contributed by atoms with E-state index in [-0.39, 0.29) is 5.91 Å². The third-order valence-electron chi connectivity index (χ3n) is 2.58. The van der Waals surface area contributed by atoms with Crippen molar-refractivity contribution in [1.82, 2.24) is 15.5 Å². The molecule has 0 fully saturated rings. The van der Waals surface area contributed by atoms with Crippen LogP contribution >= 0.6 is 0 Å². The van der Waals surface area contributed by atoms with E-state index in [1.54, 1.807) is 0 Å². The molecule has 0 atom stereocenters. The minimum absolute atomic E-state index is 0.00662. The summed E-state index contributed by atoms with van der Waals surface area (Å²) < 4.78 is 0. The number of aromatic nitrogens is 2. The summed E-state index contributed by atoms with van der Waals surface area (Å²) in [4.78, 5) is 11.6. The number of H-pyrrole nitrogens is 1. The number of fused-ring (bicyclic) bond motifs is 1. The van der Waals surface area contributed by atoms with Crippen LogP contribution < -0.4 is 11.1 Å². The molecule has 1 aromatic carbocycles. The lowest BCUT2D eigenvalue weighted by Crippen LogP contribution is -2.27. The standard InChI is InChI=1S/C12H16N4O/c13-6-3-7-14-12(17)8-11-9-4-1-2-5-10(9)15-16-11/h1-2,4-5H,3,6-8,13H2,(H,14,17)(H,15,16). The van der Waals surface area contributed by atoms with Crippen LogP contribution in [0.4, 0.5) is 0 Å². The lowest BCUT2D eigenvalue weighted by molar-refractivity contribution is -0.120. The molecular formula is C12H16N4O. The van der Waals surface area contributed by atoms with E-state index in [2.05, 4.69) is 15.5 Å². The van der Waals surface area contributed by atoms with Crippen LogP contribution in [0.1, 0.15) is 12.1 Å². The van der Waals surface area contributed by atoms with Crippen molar-refractivity contribution in [2.24, 2.45) is 5.73 Å². The normalized spacial score (nSPS) is 10.6. The lowest BCUT2D eigenvalue weighted by Gasteiger charge is -2.02. The van der Waals surface area contributed by atoms with E-state index in [1.165, 1.54) is 0 Å². The van der Waals surface area contributed by atoms with Gasteiger partial charge in [-0.25, -0.2) is 0 Å². The molecule has 0 spiro atoms. The number of carbonyl (C=O) groups excluding carboxylic acids is 1. The van der Waals surface area contributed by atoms with Crippen LogP contribution in [0.15, 0.2) is 24.3 Å². The number of para-hydroxylation sites is 1. The highest BCUT2D eigenvalue weighted by atomic mass is 16.1. The molecule has 17 heavy (non-hydrogen) atoms. The van der Waals surface area contributed by atoms with Crippen LogP contribution in [0.5, 0.6) is 0 Å². The van der Waals surface area contributed by atoms with Gasteiger partial charge in [0.2, 0.25) is 5.91 Å². The highest BCUT2D eigenvalue weighted by Crippen LogP contribution is 2.15. The maximum absolute atomic E-state index is 11.6. The molecule has 0 radical (unpaired) electrons. The predicted octanol–water partition coefficient (Wildman–Crippen LogP) is 0.570. The molecule has 4 N–H and O–H groups in total. The fourth-order valence-corrected chi connectivity index (χ4v) is 1.70. The van der Waals surface area contributed by atoms with E-state index in [1.807, 2.05) is 24.3 Å². The van der Waals surface area contributed by atoms with E-state index in [0.717, 1.165) is 23.0 Å². The first kappa shape index (κ1) is 11.6.